The minimum Gasteiger partial charge on any atom is -0.459 e. The summed E-state index contributed by atoms with van der Waals surface area (Å²) in [6, 6.07) is 7.83. The molecule has 9 atom stereocenters. The summed E-state index contributed by atoms with van der Waals surface area (Å²) >= 11 is 0. The zero-order chi connectivity index (χ0) is 24.0. The molecule has 0 spiro atoms. The molecule has 178 valence electrons. The molecule has 6 rings (SSSR count). The lowest BCUT2D eigenvalue weighted by molar-refractivity contribution is -0.202. The zero-order valence-electron chi connectivity index (χ0n) is 20.2. The van der Waals surface area contributed by atoms with Crippen molar-refractivity contribution < 1.29 is 23.9 Å². The molecule has 2 saturated heterocycles. The Morgan fingerprint density at radius 2 is 1.85 bits per heavy atom. The van der Waals surface area contributed by atoms with E-state index in [-0.39, 0.29) is 47.6 Å². The number of carbonyl (C=O) groups excluding carboxylic acids is 3. The number of aldehydes is 1. The van der Waals surface area contributed by atoms with Crippen molar-refractivity contribution in [1.29, 1.82) is 0 Å². The molecule has 0 aromatic heterocycles. The van der Waals surface area contributed by atoms with Crippen LogP contribution in [0, 0.1) is 28.6 Å². The molecule has 5 heteroatoms. The predicted octanol–water partition coefficient (Wildman–Crippen LogP) is 4.81. The number of benzene rings is 1. The molecule has 0 amide bonds. The van der Waals surface area contributed by atoms with Gasteiger partial charge in [-0.25, -0.2) is 0 Å². The van der Waals surface area contributed by atoms with Crippen LogP contribution < -0.4 is 0 Å². The van der Waals surface area contributed by atoms with Crippen molar-refractivity contribution in [3.8, 4) is 0 Å². The monoisotopic (exact) mass is 460 g/mol. The Morgan fingerprint density at radius 1 is 1.12 bits per heavy atom. The number of hydrogen-bond acceptors (Lipinski definition) is 5. The molecule has 1 aromatic carbocycles. The molecular weight excluding hydrogens is 428 g/mol. The minimum absolute atomic E-state index is 0.000693. The van der Waals surface area contributed by atoms with Gasteiger partial charge >= 0.3 is 5.97 Å². The highest BCUT2D eigenvalue weighted by atomic mass is 16.6. The third-order valence-corrected chi connectivity index (χ3v) is 10.0. The second-order valence-electron chi connectivity index (χ2n) is 11.4. The fourth-order valence-corrected chi connectivity index (χ4v) is 8.33. The smallest absolute Gasteiger partial charge is 0.316 e. The molecular formula is C29H32O5. The Hall–Kier alpha value is -2.53. The van der Waals surface area contributed by atoms with Gasteiger partial charge in [0.1, 0.15) is 12.4 Å². The summed E-state index contributed by atoms with van der Waals surface area (Å²) in [6.45, 7) is 8.36. The van der Waals surface area contributed by atoms with Crippen LogP contribution in [0.25, 0.3) is 0 Å². The summed E-state index contributed by atoms with van der Waals surface area (Å²) in [5, 5.41) is 0. The van der Waals surface area contributed by atoms with Gasteiger partial charge in [-0.3, -0.25) is 14.4 Å². The molecule has 0 radical (unpaired) electrons. The van der Waals surface area contributed by atoms with Gasteiger partial charge in [0.25, 0.3) is 0 Å². The van der Waals surface area contributed by atoms with Gasteiger partial charge in [-0.05, 0) is 55.7 Å². The number of allylic oxidation sites excluding steroid dienone is 2. The number of fused-ring (bicyclic) bond motifs is 3. The predicted molar refractivity (Wildman–Crippen MR) is 126 cm³/mol. The van der Waals surface area contributed by atoms with E-state index in [9.17, 15) is 14.4 Å². The molecule has 5 aliphatic rings. The van der Waals surface area contributed by atoms with Crippen LogP contribution in [0.1, 0.15) is 68.8 Å². The fourth-order valence-electron chi connectivity index (χ4n) is 8.33. The first-order valence-electron chi connectivity index (χ1n) is 12.6. The molecule has 34 heavy (non-hydrogen) atoms. The minimum atomic E-state index is -0.778. The summed E-state index contributed by atoms with van der Waals surface area (Å²) in [5.74, 6) is 0.204. The third kappa shape index (κ3) is 2.62. The van der Waals surface area contributed by atoms with Gasteiger partial charge in [0, 0.05) is 22.8 Å². The van der Waals surface area contributed by atoms with Crippen LogP contribution in [0.4, 0.5) is 0 Å². The molecule has 3 aliphatic carbocycles. The van der Waals surface area contributed by atoms with E-state index in [4.69, 9.17) is 9.47 Å². The topological polar surface area (TPSA) is 69.7 Å². The van der Waals surface area contributed by atoms with Crippen molar-refractivity contribution in [3.63, 3.8) is 0 Å². The highest BCUT2D eigenvalue weighted by Crippen LogP contribution is 2.65. The van der Waals surface area contributed by atoms with Gasteiger partial charge in [-0.2, -0.15) is 0 Å². The number of hydrogen-bond donors (Lipinski definition) is 0. The average molecular weight is 461 g/mol. The summed E-state index contributed by atoms with van der Waals surface area (Å²) in [5.41, 5.74) is 3.15. The lowest BCUT2D eigenvalue weighted by Crippen LogP contribution is -2.64. The summed E-state index contributed by atoms with van der Waals surface area (Å²) < 4.78 is 12.9. The first-order chi connectivity index (χ1) is 16.2. The molecule has 1 aromatic rings. The largest absolute Gasteiger partial charge is 0.459 e. The average Bonchev–Trinajstić information content (AvgIpc) is 3.30. The van der Waals surface area contributed by atoms with Crippen molar-refractivity contribution >= 4 is 18.0 Å². The van der Waals surface area contributed by atoms with Crippen molar-refractivity contribution in [2.24, 2.45) is 28.6 Å². The van der Waals surface area contributed by atoms with E-state index in [2.05, 4.69) is 20.8 Å². The highest BCUT2D eigenvalue weighted by Gasteiger charge is 2.72. The lowest BCUT2D eigenvalue weighted by Gasteiger charge is -2.58. The second kappa shape index (κ2) is 7.24. The standard InChI is InChI=1S/C29H32O5/c1-5-21-20-12-19-15(2)18(17-8-6-16(14-30)7-9-17)13-22(19)33-24(20)25-26-28(3,27(32)34-25)11-10-23(31)29(21,26)4/h6-11,14,18,20-22,24-26H,5,12-13H2,1-4H3/t18-,20-,21-,22-,24-,25-,26-,28+,29-/m0/s1. The summed E-state index contributed by atoms with van der Waals surface area (Å²) in [7, 11) is 0. The highest BCUT2D eigenvalue weighted by molar-refractivity contribution is 6.00. The molecule has 3 fully saturated rings. The van der Waals surface area contributed by atoms with Crippen LogP contribution in [0.5, 0.6) is 0 Å². The second-order valence-corrected chi connectivity index (χ2v) is 11.4. The van der Waals surface area contributed by atoms with Gasteiger partial charge in [0.05, 0.1) is 17.6 Å². The van der Waals surface area contributed by atoms with Crippen LogP contribution in [-0.2, 0) is 19.1 Å². The van der Waals surface area contributed by atoms with E-state index in [0.717, 1.165) is 25.5 Å². The zero-order valence-corrected chi connectivity index (χ0v) is 20.2. The lowest BCUT2D eigenvalue weighted by atomic mass is 9.45. The number of ether oxygens (including phenoxy) is 2. The van der Waals surface area contributed by atoms with E-state index >= 15 is 0 Å². The van der Waals surface area contributed by atoms with Crippen molar-refractivity contribution in [2.45, 2.75) is 71.2 Å². The Labute approximate surface area is 200 Å². The Bertz CT molecular complexity index is 1150. The molecule has 2 aliphatic heterocycles. The first-order valence-corrected chi connectivity index (χ1v) is 12.6. The molecule has 2 heterocycles. The molecule has 0 unspecified atom stereocenters. The van der Waals surface area contributed by atoms with Crippen LogP contribution >= 0.6 is 0 Å². The van der Waals surface area contributed by atoms with E-state index < -0.39 is 16.9 Å². The van der Waals surface area contributed by atoms with Gasteiger partial charge in [-0.1, -0.05) is 56.2 Å². The van der Waals surface area contributed by atoms with Gasteiger partial charge in [-0.15, -0.1) is 0 Å². The van der Waals surface area contributed by atoms with Crippen molar-refractivity contribution in [2.75, 3.05) is 0 Å². The van der Waals surface area contributed by atoms with E-state index in [1.54, 1.807) is 12.2 Å². The van der Waals surface area contributed by atoms with Crippen LogP contribution in [0.3, 0.4) is 0 Å². The van der Waals surface area contributed by atoms with Crippen molar-refractivity contribution in [1.82, 2.24) is 0 Å². The van der Waals surface area contributed by atoms with E-state index in [1.165, 1.54) is 16.7 Å². The quantitative estimate of drug-likeness (QED) is 0.368. The van der Waals surface area contributed by atoms with E-state index in [1.807, 2.05) is 31.2 Å². The van der Waals surface area contributed by atoms with Crippen LogP contribution in [-0.4, -0.2) is 36.4 Å². The SMILES string of the molecule is CC[C@H]1[C@@H]2CC3=C(C)[C@@H](c4ccc(C=O)cc4)C[C@@H]3O[C@@H]2[C@@H]2OC(=O)[C@]3(C)C=CC(=O)[C@@]1(C)[C@@H]23. The maximum Gasteiger partial charge on any atom is 0.316 e. The van der Waals surface area contributed by atoms with Crippen LogP contribution in [0.2, 0.25) is 0 Å². The first kappa shape index (κ1) is 22.0. The number of rotatable bonds is 3. The maximum absolute atomic E-state index is 13.4. The summed E-state index contributed by atoms with van der Waals surface area (Å²) in [4.78, 5) is 37.6. The fraction of sp³-hybridized carbons (Fsp3) is 0.552. The number of ketones is 1. The number of carbonyl (C=O) groups is 3. The van der Waals surface area contributed by atoms with Crippen molar-refractivity contribution in [3.05, 3.63) is 58.7 Å². The van der Waals surface area contributed by atoms with Gasteiger partial charge < -0.3 is 9.47 Å². The molecule has 0 bridgehead atoms. The van der Waals surface area contributed by atoms with Gasteiger partial charge in [0.15, 0.2) is 5.78 Å². The molecule has 1 saturated carbocycles. The third-order valence-electron chi connectivity index (χ3n) is 10.0. The summed E-state index contributed by atoms with van der Waals surface area (Å²) in [6.07, 6.45) is 6.31. The van der Waals surface area contributed by atoms with Gasteiger partial charge in [0.2, 0.25) is 0 Å². The maximum atomic E-state index is 13.4. The molecule has 0 N–H and O–H groups in total. The number of esters is 1. The Kier molecular flexibility index (Phi) is 4.68. The Morgan fingerprint density at radius 3 is 2.53 bits per heavy atom. The normalized spacial score (nSPS) is 44.4. The van der Waals surface area contributed by atoms with Crippen LogP contribution in [0.15, 0.2) is 47.6 Å². The Balaban J connectivity index is 1.40. The molecule has 5 nitrogen and oxygen atoms in total. The van der Waals surface area contributed by atoms with E-state index in [0.29, 0.717) is 5.56 Å².